The first-order valence-electron chi connectivity index (χ1n) is 7.50. The summed E-state index contributed by atoms with van der Waals surface area (Å²) in [5.41, 5.74) is 1.06. The topological polar surface area (TPSA) is 58.9 Å². The largest absolute Gasteiger partial charge is 0.350 e. The first-order chi connectivity index (χ1) is 10.0. The van der Waals surface area contributed by atoms with Gasteiger partial charge in [0.15, 0.2) is 0 Å². The van der Waals surface area contributed by atoms with Crippen LogP contribution in [0.2, 0.25) is 0 Å². The molecule has 0 aliphatic rings. The average Bonchev–Trinajstić information content (AvgIpc) is 2.99. The normalized spacial score (nSPS) is 11.0. The Bertz CT molecular complexity index is 620. The Balaban J connectivity index is 0.00000242. The van der Waals surface area contributed by atoms with E-state index in [1.54, 1.807) is 0 Å². The Kier molecular flexibility index (Phi) is 7.32. The average molecular weight is 345 g/mol. The fourth-order valence-corrected chi connectivity index (χ4v) is 3.25. The van der Waals surface area contributed by atoms with Gasteiger partial charge in [0.2, 0.25) is 0 Å². The Morgan fingerprint density at radius 3 is 2.73 bits per heavy atom. The fraction of sp³-hybridized carbons (Fsp3) is 0.600. The van der Waals surface area contributed by atoms with E-state index in [0.29, 0.717) is 12.5 Å². The molecule has 0 atom stereocenters. The summed E-state index contributed by atoms with van der Waals surface area (Å²) in [4.78, 5) is 14.0. The molecule has 5 nitrogen and oxygen atoms in total. The molecule has 2 heterocycles. The second-order valence-electron chi connectivity index (χ2n) is 5.50. The lowest BCUT2D eigenvalue weighted by Gasteiger charge is -2.04. The highest BCUT2D eigenvalue weighted by Crippen LogP contribution is 2.31. The van der Waals surface area contributed by atoms with E-state index in [1.165, 1.54) is 11.3 Å². The minimum atomic E-state index is 0. The van der Waals surface area contributed by atoms with E-state index in [4.69, 9.17) is 0 Å². The van der Waals surface area contributed by atoms with Gasteiger partial charge in [-0.3, -0.25) is 9.48 Å². The molecule has 0 aliphatic heterocycles. The third kappa shape index (κ3) is 4.21. The Morgan fingerprint density at radius 2 is 2.09 bits per heavy atom. The quantitative estimate of drug-likeness (QED) is 0.759. The zero-order chi connectivity index (χ0) is 15.4. The molecular formula is C15H25ClN4OS. The van der Waals surface area contributed by atoms with Crippen molar-refractivity contribution in [2.45, 2.75) is 33.1 Å². The monoisotopic (exact) mass is 344 g/mol. The van der Waals surface area contributed by atoms with Crippen LogP contribution in [0.4, 0.5) is 0 Å². The highest BCUT2D eigenvalue weighted by Gasteiger charge is 2.18. The molecule has 0 saturated heterocycles. The van der Waals surface area contributed by atoms with Crippen molar-refractivity contribution < 1.29 is 4.79 Å². The van der Waals surface area contributed by atoms with Gasteiger partial charge >= 0.3 is 0 Å². The van der Waals surface area contributed by atoms with Crippen molar-refractivity contribution in [2.24, 2.45) is 7.05 Å². The standard InChI is InChI=1S/C15H24N4OS.ClH/c1-5-6-16-7-8-17-14(20)12-9-11-13(10(2)3)18-19(4)15(11)21-12;/h9-10,16H,5-8H2,1-4H3,(H,17,20);1H. The lowest BCUT2D eigenvalue weighted by atomic mass is 10.1. The second kappa shape index (κ2) is 8.50. The third-order valence-corrected chi connectivity index (χ3v) is 4.53. The van der Waals surface area contributed by atoms with E-state index in [1.807, 2.05) is 17.8 Å². The molecule has 0 aromatic carbocycles. The van der Waals surface area contributed by atoms with Crippen LogP contribution < -0.4 is 10.6 Å². The van der Waals surface area contributed by atoms with E-state index in [2.05, 4.69) is 36.5 Å². The van der Waals surface area contributed by atoms with Gasteiger partial charge in [0.05, 0.1) is 10.6 Å². The molecule has 0 fully saturated rings. The van der Waals surface area contributed by atoms with Gasteiger partial charge < -0.3 is 10.6 Å². The fourth-order valence-electron chi connectivity index (χ4n) is 2.26. The van der Waals surface area contributed by atoms with Crippen LogP contribution in [0.3, 0.4) is 0 Å². The van der Waals surface area contributed by atoms with Crippen molar-refractivity contribution in [1.82, 2.24) is 20.4 Å². The lowest BCUT2D eigenvalue weighted by Crippen LogP contribution is -2.31. The van der Waals surface area contributed by atoms with Crippen molar-refractivity contribution >= 4 is 39.9 Å². The maximum absolute atomic E-state index is 12.2. The Hall–Kier alpha value is -1.11. The van der Waals surface area contributed by atoms with Crippen molar-refractivity contribution in [2.75, 3.05) is 19.6 Å². The number of thiophene rings is 1. The molecule has 7 heteroatoms. The van der Waals surface area contributed by atoms with E-state index in [9.17, 15) is 4.79 Å². The van der Waals surface area contributed by atoms with Gasteiger partial charge in [-0.05, 0) is 24.9 Å². The van der Waals surface area contributed by atoms with E-state index < -0.39 is 0 Å². The molecule has 22 heavy (non-hydrogen) atoms. The van der Waals surface area contributed by atoms with Crippen LogP contribution in [0, 0.1) is 0 Å². The molecule has 124 valence electrons. The van der Waals surface area contributed by atoms with Crippen LogP contribution in [0.1, 0.15) is 48.5 Å². The van der Waals surface area contributed by atoms with Crippen LogP contribution in [0.25, 0.3) is 10.2 Å². The summed E-state index contributed by atoms with van der Waals surface area (Å²) in [7, 11) is 1.93. The van der Waals surface area contributed by atoms with Crippen LogP contribution in [-0.4, -0.2) is 35.3 Å². The summed E-state index contributed by atoms with van der Waals surface area (Å²) < 4.78 is 1.87. The predicted molar refractivity (Wildman–Crippen MR) is 95.4 cm³/mol. The number of hydrogen-bond donors (Lipinski definition) is 2. The minimum Gasteiger partial charge on any atom is -0.350 e. The summed E-state index contributed by atoms with van der Waals surface area (Å²) in [5.74, 6) is 0.363. The van der Waals surface area contributed by atoms with E-state index >= 15 is 0 Å². The predicted octanol–water partition coefficient (Wildman–Crippen LogP) is 2.91. The van der Waals surface area contributed by atoms with Crippen molar-refractivity contribution in [3.05, 3.63) is 16.6 Å². The highest BCUT2D eigenvalue weighted by atomic mass is 35.5. The van der Waals surface area contributed by atoms with Crippen LogP contribution in [-0.2, 0) is 7.05 Å². The number of nitrogens with zero attached hydrogens (tertiary/aromatic N) is 2. The number of aryl methyl sites for hydroxylation is 1. The number of halogens is 1. The third-order valence-electron chi connectivity index (χ3n) is 3.32. The van der Waals surface area contributed by atoms with Gasteiger partial charge in [-0.1, -0.05) is 20.8 Å². The van der Waals surface area contributed by atoms with Gasteiger partial charge in [0.1, 0.15) is 4.83 Å². The molecule has 0 aliphatic carbocycles. The first kappa shape index (κ1) is 18.9. The summed E-state index contributed by atoms with van der Waals surface area (Å²) in [5, 5.41) is 11.9. The molecule has 0 spiro atoms. The van der Waals surface area contributed by atoms with E-state index in [0.717, 1.165) is 40.3 Å². The molecule has 2 rings (SSSR count). The number of carbonyl (C=O) groups is 1. The summed E-state index contributed by atoms with van der Waals surface area (Å²) in [6.45, 7) is 8.83. The lowest BCUT2D eigenvalue weighted by molar-refractivity contribution is 0.0958. The number of hydrogen-bond acceptors (Lipinski definition) is 4. The Labute approximate surface area is 141 Å². The van der Waals surface area contributed by atoms with Crippen molar-refractivity contribution in [3.63, 3.8) is 0 Å². The molecule has 0 unspecified atom stereocenters. The smallest absolute Gasteiger partial charge is 0.261 e. The maximum atomic E-state index is 12.2. The number of amides is 1. The molecule has 1 amide bonds. The molecular weight excluding hydrogens is 320 g/mol. The summed E-state index contributed by atoms with van der Waals surface area (Å²) in [6.07, 6.45) is 1.11. The van der Waals surface area contributed by atoms with Gasteiger partial charge in [0, 0.05) is 25.5 Å². The highest BCUT2D eigenvalue weighted by molar-refractivity contribution is 7.20. The van der Waals surface area contributed by atoms with Crippen LogP contribution in [0.5, 0.6) is 0 Å². The molecule has 0 bridgehead atoms. The number of rotatable bonds is 7. The second-order valence-corrected chi connectivity index (χ2v) is 6.53. The molecule has 0 saturated carbocycles. The number of aromatic nitrogens is 2. The van der Waals surface area contributed by atoms with Crippen LogP contribution >= 0.6 is 23.7 Å². The molecule has 2 N–H and O–H groups in total. The molecule has 2 aromatic heterocycles. The van der Waals surface area contributed by atoms with Crippen molar-refractivity contribution in [3.8, 4) is 0 Å². The minimum absolute atomic E-state index is 0. The number of nitrogens with one attached hydrogen (secondary N) is 2. The zero-order valence-corrected chi connectivity index (χ0v) is 15.2. The molecule has 0 radical (unpaired) electrons. The Morgan fingerprint density at radius 1 is 1.36 bits per heavy atom. The summed E-state index contributed by atoms with van der Waals surface area (Å²) in [6, 6.07) is 1.97. The number of fused-ring (bicyclic) bond motifs is 1. The molecule has 2 aromatic rings. The van der Waals surface area contributed by atoms with Gasteiger partial charge in [-0.2, -0.15) is 5.10 Å². The maximum Gasteiger partial charge on any atom is 0.261 e. The van der Waals surface area contributed by atoms with E-state index in [-0.39, 0.29) is 18.3 Å². The van der Waals surface area contributed by atoms with Gasteiger partial charge in [-0.25, -0.2) is 0 Å². The van der Waals surface area contributed by atoms with Gasteiger partial charge in [0.25, 0.3) is 5.91 Å². The van der Waals surface area contributed by atoms with Crippen molar-refractivity contribution in [1.29, 1.82) is 0 Å². The van der Waals surface area contributed by atoms with Crippen LogP contribution in [0.15, 0.2) is 6.07 Å². The van der Waals surface area contributed by atoms with Gasteiger partial charge in [-0.15, -0.1) is 23.7 Å². The SMILES string of the molecule is CCCNCCNC(=O)c1cc2c(C(C)C)nn(C)c2s1.Cl. The zero-order valence-electron chi connectivity index (χ0n) is 13.6. The number of carbonyl (C=O) groups excluding carboxylic acids is 1. The summed E-state index contributed by atoms with van der Waals surface area (Å²) >= 11 is 1.51. The first-order valence-corrected chi connectivity index (χ1v) is 8.31.